The van der Waals surface area contributed by atoms with Crippen LogP contribution in [-0.4, -0.2) is 58.9 Å². The first kappa shape index (κ1) is 17.6. The van der Waals surface area contributed by atoms with Gasteiger partial charge in [-0.2, -0.15) is 0 Å². The standard InChI is InChI=1S/C20H23N5O2/c26-19(25-12-5-15-3-1-2-4-18(15)25)14-24-10-6-16(7-11-24)23-20(27)17-13-21-8-9-22-17/h1-4,8-9,13,16H,5-7,10-12,14H2,(H,23,27). The normalized spacial score (nSPS) is 17.6. The van der Waals surface area contributed by atoms with Crippen molar-refractivity contribution in [3.8, 4) is 0 Å². The highest BCUT2D eigenvalue weighted by Gasteiger charge is 2.28. The van der Waals surface area contributed by atoms with Gasteiger partial charge in [-0.15, -0.1) is 0 Å². The highest BCUT2D eigenvalue weighted by molar-refractivity contribution is 5.96. The molecule has 7 heteroatoms. The molecule has 1 fully saturated rings. The van der Waals surface area contributed by atoms with Gasteiger partial charge in [0.15, 0.2) is 0 Å². The highest BCUT2D eigenvalue weighted by atomic mass is 16.2. The lowest BCUT2D eigenvalue weighted by atomic mass is 10.0. The number of hydrogen-bond donors (Lipinski definition) is 1. The van der Waals surface area contributed by atoms with Crippen molar-refractivity contribution < 1.29 is 9.59 Å². The Hall–Kier alpha value is -2.80. The summed E-state index contributed by atoms with van der Waals surface area (Å²) in [5.41, 5.74) is 2.63. The molecule has 3 heterocycles. The molecule has 1 aromatic carbocycles. The fourth-order valence-corrected chi connectivity index (χ4v) is 3.79. The summed E-state index contributed by atoms with van der Waals surface area (Å²) in [5.74, 6) is -0.0340. The maximum Gasteiger partial charge on any atom is 0.271 e. The first-order chi connectivity index (χ1) is 13.2. The Labute approximate surface area is 158 Å². The van der Waals surface area contributed by atoms with E-state index in [1.54, 1.807) is 6.20 Å². The van der Waals surface area contributed by atoms with Gasteiger partial charge in [-0.05, 0) is 30.9 Å². The summed E-state index contributed by atoms with van der Waals surface area (Å²) in [6, 6.07) is 8.23. The van der Waals surface area contributed by atoms with E-state index in [0.717, 1.165) is 44.6 Å². The minimum atomic E-state index is -0.189. The van der Waals surface area contributed by atoms with E-state index < -0.39 is 0 Å². The second kappa shape index (κ2) is 7.84. The number of benzene rings is 1. The van der Waals surface area contributed by atoms with Crippen molar-refractivity contribution in [1.82, 2.24) is 20.2 Å². The zero-order valence-electron chi connectivity index (χ0n) is 15.2. The Morgan fingerprint density at radius 2 is 1.93 bits per heavy atom. The summed E-state index contributed by atoms with van der Waals surface area (Å²) in [7, 11) is 0. The van der Waals surface area contributed by atoms with Crippen molar-refractivity contribution in [2.45, 2.75) is 25.3 Å². The van der Waals surface area contributed by atoms with Crippen LogP contribution in [0.1, 0.15) is 28.9 Å². The van der Waals surface area contributed by atoms with Gasteiger partial charge in [0.25, 0.3) is 5.91 Å². The molecule has 0 aliphatic carbocycles. The Kier molecular flexibility index (Phi) is 5.11. The van der Waals surface area contributed by atoms with Crippen LogP contribution in [0.4, 0.5) is 5.69 Å². The topological polar surface area (TPSA) is 78.4 Å². The van der Waals surface area contributed by atoms with Crippen LogP contribution in [0.2, 0.25) is 0 Å². The van der Waals surface area contributed by atoms with E-state index in [4.69, 9.17) is 0 Å². The Bertz CT molecular complexity index is 818. The molecule has 2 aromatic rings. The lowest BCUT2D eigenvalue weighted by molar-refractivity contribution is -0.119. The largest absolute Gasteiger partial charge is 0.348 e. The number of amides is 2. The molecule has 0 bridgehead atoms. The van der Waals surface area contributed by atoms with Gasteiger partial charge < -0.3 is 10.2 Å². The number of rotatable bonds is 4. The quantitative estimate of drug-likeness (QED) is 0.883. The van der Waals surface area contributed by atoms with Crippen LogP contribution in [0.5, 0.6) is 0 Å². The van der Waals surface area contributed by atoms with E-state index in [2.05, 4.69) is 26.3 Å². The minimum absolute atomic E-state index is 0.110. The fraction of sp³-hybridized carbons (Fsp3) is 0.400. The van der Waals surface area contributed by atoms with Crippen LogP contribution in [0.3, 0.4) is 0 Å². The molecule has 4 rings (SSSR count). The van der Waals surface area contributed by atoms with Gasteiger partial charge in [0, 0.05) is 43.8 Å². The molecule has 1 saturated heterocycles. The summed E-state index contributed by atoms with van der Waals surface area (Å²) in [6.07, 6.45) is 7.12. The highest BCUT2D eigenvalue weighted by Crippen LogP contribution is 2.27. The lowest BCUT2D eigenvalue weighted by Crippen LogP contribution is -2.48. The second-order valence-electron chi connectivity index (χ2n) is 7.04. The summed E-state index contributed by atoms with van der Waals surface area (Å²) in [6.45, 7) is 2.79. The summed E-state index contributed by atoms with van der Waals surface area (Å²) >= 11 is 0. The lowest BCUT2D eigenvalue weighted by Gasteiger charge is -2.32. The summed E-state index contributed by atoms with van der Waals surface area (Å²) < 4.78 is 0. The number of likely N-dealkylation sites (tertiary alicyclic amines) is 1. The third kappa shape index (κ3) is 3.98. The van der Waals surface area contributed by atoms with Crippen LogP contribution < -0.4 is 10.2 Å². The molecular formula is C20H23N5O2. The number of nitrogens with zero attached hydrogens (tertiary/aromatic N) is 4. The maximum absolute atomic E-state index is 12.7. The van der Waals surface area contributed by atoms with Gasteiger partial charge in [-0.3, -0.25) is 19.5 Å². The summed E-state index contributed by atoms with van der Waals surface area (Å²) in [5, 5.41) is 3.01. The van der Waals surface area contributed by atoms with Crippen molar-refractivity contribution in [2.75, 3.05) is 31.1 Å². The van der Waals surface area contributed by atoms with Crippen molar-refractivity contribution in [1.29, 1.82) is 0 Å². The number of carbonyl (C=O) groups is 2. The molecule has 0 spiro atoms. The zero-order chi connectivity index (χ0) is 18.6. The van der Waals surface area contributed by atoms with Crippen LogP contribution in [0.25, 0.3) is 0 Å². The Morgan fingerprint density at radius 1 is 1.11 bits per heavy atom. The predicted molar refractivity (Wildman–Crippen MR) is 101 cm³/mol. The van der Waals surface area contributed by atoms with Crippen LogP contribution in [0.15, 0.2) is 42.9 Å². The van der Waals surface area contributed by atoms with Crippen molar-refractivity contribution >= 4 is 17.5 Å². The maximum atomic E-state index is 12.7. The average Bonchev–Trinajstić information content (AvgIpc) is 3.14. The molecule has 1 N–H and O–H groups in total. The number of aromatic nitrogens is 2. The molecule has 0 saturated carbocycles. The Morgan fingerprint density at radius 3 is 2.70 bits per heavy atom. The first-order valence-electron chi connectivity index (χ1n) is 9.38. The van der Waals surface area contributed by atoms with Gasteiger partial charge in [0.05, 0.1) is 12.7 Å². The molecule has 2 aliphatic rings. The molecule has 7 nitrogen and oxygen atoms in total. The van der Waals surface area contributed by atoms with Crippen LogP contribution >= 0.6 is 0 Å². The van der Waals surface area contributed by atoms with E-state index in [1.165, 1.54) is 18.0 Å². The fourth-order valence-electron chi connectivity index (χ4n) is 3.79. The number of carbonyl (C=O) groups excluding carboxylic acids is 2. The average molecular weight is 365 g/mol. The van der Waals surface area contributed by atoms with E-state index in [9.17, 15) is 9.59 Å². The van der Waals surface area contributed by atoms with E-state index in [1.807, 2.05) is 23.1 Å². The van der Waals surface area contributed by atoms with E-state index in [0.29, 0.717) is 12.2 Å². The van der Waals surface area contributed by atoms with Crippen LogP contribution in [0, 0.1) is 0 Å². The number of hydrogen-bond acceptors (Lipinski definition) is 5. The third-order valence-corrected chi connectivity index (χ3v) is 5.27. The molecular weight excluding hydrogens is 342 g/mol. The number of anilines is 1. The first-order valence-corrected chi connectivity index (χ1v) is 9.38. The molecule has 0 unspecified atom stereocenters. The minimum Gasteiger partial charge on any atom is -0.348 e. The molecule has 0 atom stereocenters. The molecule has 140 valence electrons. The second-order valence-corrected chi connectivity index (χ2v) is 7.04. The zero-order valence-corrected chi connectivity index (χ0v) is 15.2. The number of piperidine rings is 1. The van der Waals surface area contributed by atoms with E-state index >= 15 is 0 Å². The third-order valence-electron chi connectivity index (χ3n) is 5.27. The van der Waals surface area contributed by atoms with Crippen molar-refractivity contribution in [3.63, 3.8) is 0 Å². The number of nitrogens with one attached hydrogen (secondary N) is 1. The molecule has 2 aliphatic heterocycles. The predicted octanol–water partition coefficient (Wildman–Crippen LogP) is 1.26. The van der Waals surface area contributed by atoms with Gasteiger partial charge in [0.2, 0.25) is 5.91 Å². The molecule has 27 heavy (non-hydrogen) atoms. The Balaban J connectivity index is 1.26. The molecule has 1 aromatic heterocycles. The number of para-hydroxylation sites is 1. The smallest absolute Gasteiger partial charge is 0.271 e. The van der Waals surface area contributed by atoms with Crippen molar-refractivity contribution in [3.05, 3.63) is 54.1 Å². The van der Waals surface area contributed by atoms with E-state index in [-0.39, 0.29) is 17.9 Å². The SMILES string of the molecule is O=C(NC1CCN(CC(=O)N2CCc3ccccc32)CC1)c1cnccn1. The number of fused-ring (bicyclic) bond motifs is 1. The van der Waals surface area contributed by atoms with Crippen LogP contribution in [-0.2, 0) is 11.2 Å². The van der Waals surface area contributed by atoms with Gasteiger partial charge in [-0.1, -0.05) is 18.2 Å². The monoisotopic (exact) mass is 365 g/mol. The molecule has 0 radical (unpaired) electrons. The van der Waals surface area contributed by atoms with Gasteiger partial charge in [0.1, 0.15) is 5.69 Å². The summed E-state index contributed by atoms with van der Waals surface area (Å²) in [4.78, 5) is 36.9. The van der Waals surface area contributed by atoms with Crippen molar-refractivity contribution in [2.24, 2.45) is 0 Å². The van der Waals surface area contributed by atoms with Gasteiger partial charge in [-0.25, -0.2) is 4.98 Å². The molecule has 2 amide bonds. The van der Waals surface area contributed by atoms with Gasteiger partial charge >= 0.3 is 0 Å².